The maximum absolute atomic E-state index is 6.07. The minimum Gasteiger partial charge on any atom is -0.329 e. The number of halogens is 2. The zero-order chi connectivity index (χ0) is 14.8. The lowest BCUT2D eigenvalue weighted by Gasteiger charge is -2.39. The first-order valence-electron chi connectivity index (χ1n) is 7.79. The molecule has 2 fully saturated rings. The summed E-state index contributed by atoms with van der Waals surface area (Å²) in [7, 11) is 0. The summed E-state index contributed by atoms with van der Waals surface area (Å²) < 4.78 is 2.20. The summed E-state index contributed by atoms with van der Waals surface area (Å²) in [5.74, 6) is 0.990. The standard InChI is InChI=1S/C16H23Br2N3/c17-14-4-3-13(9-15(14)18)16(10-19)21-7-5-20(6-8-21)11-12-1-2-12/h3-4,9,12,16H,1-2,5-8,10-11,19H2. The second kappa shape index (κ2) is 7.09. The van der Waals surface area contributed by atoms with Gasteiger partial charge in [0.25, 0.3) is 0 Å². The van der Waals surface area contributed by atoms with Crippen LogP contribution in [0.25, 0.3) is 0 Å². The third kappa shape index (κ3) is 4.08. The summed E-state index contributed by atoms with van der Waals surface area (Å²) in [4.78, 5) is 5.16. The fraction of sp³-hybridized carbons (Fsp3) is 0.625. The second-order valence-corrected chi connectivity index (χ2v) is 7.91. The van der Waals surface area contributed by atoms with Crippen LogP contribution in [0.15, 0.2) is 27.1 Å². The maximum atomic E-state index is 6.07. The Labute approximate surface area is 144 Å². The highest BCUT2D eigenvalue weighted by atomic mass is 79.9. The van der Waals surface area contributed by atoms with Crippen molar-refractivity contribution in [3.8, 4) is 0 Å². The van der Waals surface area contributed by atoms with Crippen molar-refractivity contribution >= 4 is 31.9 Å². The van der Waals surface area contributed by atoms with Crippen LogP contribution in [0.3, 0.4) is 0 Å². The lowest BCUT2D eigenvalue weighted by Crippen LogP contribution is -2.49. The molecule has 21 heavy (non-hydrogen) atoms. The molecular weight excluding hydrogens is 394 g/mol. The molecule has 1 unspecified atom stereocenters. The number of hydrogen-bond acceptors (Lipinski definition) is 3. The monoisotopic (exact) mass is 415 g/mol. The van der Waals surface area contributed by atoms with E-state index >= 15 is 0 Å². The smallest absolute Gasteiger partial charge is 0.0471 e. The predicted molar refractivity (Wildman–Crippen MR) is 94.4 cm³/mol. The van der Waals surface area contributed by atoms with E-state index < -0.39 is 0 Å². The average Bonchev–Trinajstić information content (AvgIpc) is 3.29. The Morgan fingerprint density at radius 1 is 1.10 bits per heavy atom. The second-order valence-electron chi connectivity index (χ2n) is 6.20. The van der Waals surface area contributed by atoms with Gasteiger partial charge in [0.15, 0.2) is 0 Å². The van der Waals surface area contributed by atoms with Crippen LogP contribution in [0.2, 0.25) is 0 Å². The molecule has 0 amide bonds. The lowest BCUT2D eigenvalue weighted by molar-refractivity contribution is 0.0955. The summed E-state index contributed by atoms with van der Waals surface area (Å²) in [5.41, 5.74) is 7.38. The normalized spacial score (nSPS) is 22.4. The van der Waals surface area contributed by atoms with E-state index in [9.17, 15) is 0 Å². The number of nitrogens with zero attached hydrogens (tertiary/aromatic N) is 2. The van der Waals surface area contributed by atoms with Gasteiger partial charge in [-0.1, -0.05) is 6.07 Å². The summed E-state index contributed by atoms with van der Waals surface area (Å²) in [6, 6.07) is 6.81. The van der Waals surface area contributed by atoms with Gasteiger partial charge in [-0.05, 0) is 68.3 Å². The largest absolute Gasteiger partial charge is 0.329 e. The van der Waals surface area contributed by atoms with Crippen LogP contribution >= 0.6 is 31.9 Å². The van der Waals surface area contributed by atoms with Crippen LogP contribution < -0.4 is 5.73 Å². The van der Waals surface area contributed by atoms with E-state index in [1.54, 1.807) is 0 Å². The number of nitrogens with two attached hydrogens (primary N) is 1. The highest BCUT2D eigenvalue weighted by molar-refractivity contribution is 9.13. The molecule has 2 N–H and O–H groups in total. The van der Waals surface area contributed by atoms with E-state index in [0.29, 0.717) is 12.6 Å². The number of piperazine rings is 1. The van der Waals surface area contributed by atoms with Crippen molar-refractivity contribution in [2.45, 2.75) is 18.9 Å². The molecule has 1 saturated carbocycles. The molecule has 5 heteroatoms. The Hall–Kier alpha value is 0.0600. The van der Waals surface area contributed by atoms with E-state index in [4.69, 9.17) is 5.73 Å². The van der Waals surface area contributed by atoms with E-state index in [1.165, 1.54) is 38.0 Å². The predicted octanol–water partition coefficient (Wildman–Crippen LogP) is 3.24. The van der Waals surface area contributed by atoms with Gasteiger partial charge >= 0.3 is 0 Å². The minimum atomic E-state index is 0.331. The van der Waals surface area contributed by atoms with Crippen molar-refractivity contribution in [1.82, 2.24) is 9.80 Å². The van der Waals surface area contributed by atoms with Gasteiger partial charge in [-0.3, -0.25) is 4.90 Å². The van der Waals surface area contributed by atoms with Crippen molar-refractivity contribution in [2.75, 3.05) is 39.3 Å². The molecule has 1 atom stereocenters. The minimum absolute atomic E-state index is 0.331. The average molecular weight is 417 g/mol. The highest BCUT2D eigenvalue weighted by Crippen LogP contribution is 2.31. The molecule has 1 aliphatic carbocycles. The van der Waals surface area contributed by atoms with Crippen LogP contribution in [0, 0.1) is 5.92 Å². The van der Waals surface area contributed by atoms with Gasteiger partial charge in [0, 0.05) is 54.3 Å². The van der Waals surface area contributed by atoms with Crippen molar-refractivity contribution in [3.63, 3.8) is 0 Å². The van der Waals surface area contributed by atoms with Gasteiger partial charge in [0.2, 0.25) is 0 Å². The van der Waals surface area contributed by atoms with Gasteiger partial charge < -0.3 is 10.6 Å². The topological polar surface area (TPSA) is 32.5 Å². The van der Waals surface area contributed by atoms with Crippen molar-refractivity contribution in [3.05, 3.63) is 32.7 Å². The fourth-order valence-corrected chi connectivity index (χ4v) is 3.78. The Kier molecular flexibility index (Phi) is 5.38. The Balaban J connectivity index is 1.62. The first-order valence-corrected chi connectivity index (χ1v) is 9.37. The van der Waals surface area contributed by atoms with E-state index in [2.05, 4.69) is 59.9 Å². The van der Waals surface area contributed by atoms with Crippen molar-refractivity contribution < 1.29 is 0 Å². The lowest BCUT2D eigenvalue weighted by atomic mass is 10.0. The first kappa shape index (κ1) is 15.9. The molecule has 1 saturated heterocycles. The van der Waals surface area contributed by atoms with E-state index in [0.717, 1.165) is 28.0 Å². The van der Waals surface area contributed by atoms with Gasteiger partial charge in [0.1, 0.15) is 0 Å². The summed E-state index contributed by atoms with van der Waals surface area (Å²) >= 11 is 7.13. The first-order chi connectivity index (χ1) is 10.2. The van der Waals surface area contributed by atoms with Crippen LogP contribution in [-0.4, -0.2) is 49.1 Å². The van der Waals surface area contributed by atoms with E-state index in [-0.39, 0.29) is 0 Å². The third-order valence-electron chi connectivity index (χ3n) is 4.61. The molecule has 1 aromatic rings. The molecule has 0 bridgehead atoms. The maximum Gasteiger partial charge on any atom is 0.0471 e. The van der Waals surface area contributed by atoms with Crippen LogP contribution in [-0.2, 0) is 0 Å². The zero-order valence-corrected chi connectivity index (χ0v) is 15.4. The Morgan fingerprint density at radius 3 is 2.38 bits per heavy atom. The molecule has 0 radical (unpaired) electrons. The number of benzene rings is 1. The molecule has 0 aromatic heterocycles. The molecular formula is C16H23Br2N3. The van der Waals surface area contributed by atoms with Crippen LogP contribution in [0.5, 0.6) is 0 Å². The summed E-state index contributed by atoms with van der Waals surface area (Å²) in [6.07, 6.45) is 2.89. The van der Waals surface area contributed by atoms with Crippen LogP contribution in [0.4, 0.5) is 0 Å². The quantitative estimate of drug-likeness (QED) is 0.799. The number of hydrogen-bond donors (Lipinski definition) is 1. The van der Waals surface area contributed by atoms with E-state index in [1.807, 2.05) is 0 Å². The third-order valence-corrected chi connectivity index (χ3v) is 6.49. The molecule has 116 valence electrons. The molecule has 3 nitrogen and oxygen atoms in total. The van der Waals surface area contributed by atoms with Gasteiger partial charge in [-0.25, -0.2) is 0 Å². The van der Waals surface area contributed by atoms with Gasteiger partial charge in [-0.15, -0.1) is 0 Å². The molecule has 2 aliphatic rings. The molecule has 0 spiro atoms. The number of rotatable bonds is 5. The van der Waals surface area contributed by atoms with Crippen LogP contribution in [0.1, 0.15) is 24.4 Å². The fourth-order valence-electron chi connectivity index (χ4n) is 3.14. The Bertz CT molecular complexity index is 482. The summed E-state index contributed by atoms with van der Waals surface area (Å²) in [6.45, 7) is 6.61. The van der Waals surface area contributed by atoms with Gasteiger partial charge in [-0.2, -0.15) is 0 Å². The molecule has 3 rings (SSSR count). The molecule has 1 aliphatic heterocycles. The summed E-state index contributed by atoms with van der Waals surface area (Å²) in [5, 5.41) is 0. The molecule has 1 aromatic carbocycles. The highest BCUT2D eigenvalue weighted by Gasteiger charge is 2.28. The Morgan fingerprint density at radius 2 is 1.81 bits per heavy atom. The van der Waals surface area contributed by atoms with Crippen molar-refractivity contribution in [2.24, 2.45) is 11.7 Å². The SMILES string of the molecule is NCC(c1ccc(Br)c(Br)c1)N1CCN(CC2CC2)CC1. The van der Waals surface area contributed by atoms with Gasteiger partial charge in [0.05, 0.1) is 0 Å². The zero-order valence-electron chi connectivity index (χ0n) is 12.3. The van der Waals surface area contributed by atoms with Crippen molar-refractivity contribution in [1.29, 1.82) is 0 Å². The molecule has 1 heterocycles.